The van der Waals surface area contributed by atoms with E-state index in [0.717, 1.165) is 27.4 Å². The summed E-state index contributed by atoms with van der Waals surface area (Å²) in [6.45, 7) is 0.614. The van der Waals surface area contributed by atoms with Crippen LogP contribution in [0.4, 0.5) is 0 Å². The lowest BCUT2D eigenvalue weighted by molar-refractivity contribution is 0.976. The van der Waals surface area contributed by atoms with Gasteiger partial charge < -0.3 is 10.7 Å². The Labute approximate surface area is 95.6 Å². The van der Waals surface area contributed by atoms with Crippen LogP contribution in [0.15, 0.2) is 22.7 Å². The molecule has 0 radical (unpaired) electrons. The number of fused-ring (bicyclic) bond motifs is 1. The van der Waals surface area contributed by atoms with Crippen molar-refractivity contribution in [3.05, 3.63) is 33.4 Å². The molecule has 2 rings (SSSR count). The van der Waals surface area contributed by atoms with Crippen LogP contribution in [-0.4, -0.2) is 11.5 Å². The van der Waals surface area contributed by atoms with Gasteiger partial charge in [0.2, 0.25) is 0 Å². The van der Waals surface area contributed by atoms with E-state index in [2.05, 4.69) is 20.9 Å². The van der Waals surface area contributed by atoms with Crippen molar-refractivity contribution >= 4 is 38.4 Å². The van der Waals surface area contributed by atoms with E-state index >= 15 is 0 Å². The van der Waals surface area contributed by atoms with Gasteiger partial charge in [-0.15, -0.1) is 0 Å². The van der Waals surface area contributed by atoms with Gasteiger partial charge >= 0.3 is 0 Å². The molecule has 4 heteroatoms. The standard InChI is InChI=1S/C10H10BrClN2/c11-6-1-2-7-8(3-4-13)10(12)14-9(7)5-6/h1-2,5,14H,3-4,13H2. The maximum Gasteiger partial charge on any atom is 0.110 e. The molecule has 0 saturated carbocycles. The van der Waals surface area contributed by atoms with Crippen molar-refractivity contribution in [3.63, 3.8) is 0 Å². The van der Waals surface area contributed by atoms with Gasteiger partial charge in [0, 0.05) is 15.4 Å². The van der Waals surface area contributed by atoms with Crippen molar-refractivity contribution in [1.29, 1.82) is 0 Å². The molecule has 0 aliphatic rings. The molecule has 0 bridgehead atoms. The minimum absolute atomic E-state index is 0.614. The molecular formula is C10H10BrClN2. The van der Waals surface area contributed by atoms with E-state index in [9.17, 15) is 0 Å². The van der Waals surface area contributed by atoms with Crippen LogP contribution in [0.2, 0.25) is 5.15 Å². The highest BCUT2D eigenvalue weighted by molar-refractivity contribution is 9.10. The van der Waals surface area contributed by atoms with E-state index in [0.29, 0.717) is 11.7 Å². The molecule has 0 aliphatic carbocycles. The predicted molar refractivity (Wildman–Crippen MR) is 63.8 cm³/mol. The van der Waals surface area contributed by atoms with E-state index in [1.165, 1.54) is 0 Å². The van der Waals surface area contributed by atoms with Gasteiger partial charge in [0.15, 0.2) is 0 Å². The normalized spacial score (nSPS) is 11.1. The second-order valence-corrected chi connectivity index (χ2v) is 4.44. The number of nitrogens with one attached hydrogen (secondary N) is 1. The summed E-state index contributed by atoms with van der Waals surface area (Å²) in [6.07, 6.45) is 0.806. The van der Waals surface area contributed by atoms with Crippen LogP contribution in [0.5, 0.6) is 0 Å². The lowest BCUT2D eigenvalue weighted by atomic mass is 10.1. The molecule has 0 unspecified atom stereocenters. The number of H-pyrrole nitrogens is 1. The van der Waals surface area contributed by atoms with E-state index in [4.69, 9.17) is 17.3 Å². The van der Waals surface area contributed by atoms with Gasteiger partial charge in [0.25, 0.3) is 0 Å². The van der Waals surface area contributed by atoms with Gasteiger partial charge in [-0.05, 0) is 30.7 Å². The Hall–Kier alpha value is -0.510. The Morgan fingerprint density at radius 2 is 2.21 bits per heavy atom. The molecule has 74 valence electrons. The van der Waals surface area contributed by atoms with Crippen LogP contribution in [0, 0.1) is 0 Å². The summed E-state index contributed by atoms with van der Waals surface area (Å²) in [5.74, 6) is 0. The van der Waals surface area contributed by atoms with Crippen LogP contribution < -0.4 is 5.73 Å². The topological polar surface area (TPSA) is 41.8 Å². The van der Waals surface area contributed by atoms with Gasteiger partial charge in [0.05, 0.1) is 0 Å². The first-order chi connectivity index (χ1) is 6.72. The number of aromatic amines is 1. The van der Waals surface area contributed by atoms with Crippen LogP contribution >= 0.6 is 27.5 Å². The van der Waals surface area contributed by atoms with E-state index in [-0.39, 0.29) is 0 Å². The van der Waals surface area contributed by atoms with Crippen LogP contribution in [0.1, 0.15) is 5.56 Å². The molecule has 0 atom stereocenters. The van der Waals surface area contributed by atoms with Crippen LogP contribution in [0.3, 0.4) is 0 Å². The van der Waals surface area contributed by atoms with Gasteiger partial charge in [0.1, 0.15) is 5.15 Å². The second kappa shape index (κ2) is 3.93. The maximum atomic E-state index is 6.07. The maximum absolute atomic E-state index is 6.07. The number of benzene rings is 1. The third-order valence-corrected chi connectivity index (χ3v) is 3.03. The average Bonchev–Trinajstić information content (AvgIpc) is 2.43. The van der Waals surface area contributed by atoms with Crippen molar-refractivity contribution in [3.8, 4) is 0 Å². The molecule has 0 spiro atoms. The quantitative estimate of drug-likeness (QED) is 0.867. The Bertz CT molecular complexity index is 464. The monoisotopic (exact) mass is 272 g/mol. The summed E-state index contributed by atoms with van der Waals surface area (Å²) in [6, 6.07) is 6.07. The fourth-order valence-electron chi connectivity index (χ4n) is 1.58. The zero-order chi connectivity index (χ0) is 10.1. The fraction of sp³-hybridized carbons (Fsp3) is 0.200. The highest BCUT2D eigenvalue weighted by Gasteiger charge is 2.08. The highest BCUT2D eigenvalue weighted by atomic mass is 79.9. The Balaban J connectivity index is 2.64. The number of hydrogen-bond donors (Lipinski definition) is 2. The minimum Gasteiger partial charge on any atom is -0.345 e. The number of aromatic nitrogens is 1. The van der Waals surface area contributed by atoms with Crippen molar-refractivity contribution in [2.45, 2.75) is 6.42 Å². The van der Waals surface area contributed by atoms with Crippen LogP contribution in [0.25, 0.3) is 10.9 Å². The molecule has 1 aromatic carbocycles. The van der Waals surface area contributed by atoms with Gasteiger partial charge in [-0.1, -0.05) is 33.6 Å². The molecule has 2 nitrogen and oxygen atoms in total. The largest absolute Gasteiger partial charge is 0.345 e. The van der Waals surface area contributed by atoms with Crippen molar-refractivity contribution in [2.75, 3.05) is 6.54 Å². The molecule has 0 amide bonds. The predicted octanol–water partition coefficient (Wildman–Crippen LogP) is 3.09. The van der Waals surface area contributed by atoms with Crippen molar-refractivity contribution in [1.82, 2.24) is 4.98 Å². The first kappa shape index (κ1) is 10.0. The van der Waals surface area contributed by atoms with Crippen molar-refractivity contribution < 1.29 is 0 Å². The Kier molecular flexibility index (Phi) is 2.81. The smallest absolute Gasteiger partial charge is 0.110 e. The molecule has 0 aliphatic heterocycles. The molecular weight excluding hydrogens is 263 g/mol. The summed E-state index contributed by atoms with van der Waals surface area (Å²) in [5.41, 5.74) is 7.68. The summed E-state index contributed by atoms with van der Waals surface area (Å²) >= 11 is 9.49. The van der Waals surface area contributed by atoms with E-state index in [1.807, 2.05) is 18.2 Å². The van der Waals surface area contributed by atoms with E-state index < -0.39 is 0 Å². The zero-order valence-electron chi connectivity index (χ0n) is 7.48. The van der Waals surface area contributed by atoms with Crippen LogP contribution in [-0.2, 0) is 6.42 Å². The first-order valence-electron chi connectivity index (χ1n) is 4.38. The number of rotatable bonds is 2. The fourth-order valence-corrected chi connectivity index (χ4v) is 2.24. The van der Waals surface area contributed by atoms with E-state index in [1.54, 1.807) is 0 Å². The molecule has 14 heavy (non-hydrogen) atoms. The molecule has 0 fully saturated rings. The second-order valence-electron chi connectivity index (χ2n) is 3.15. The molecule has 1 aromatic heterocycles. The molecule has 2 aromatic rings. The lowest BCUT2D eigenvalue weighted by Crippen LogP contribution is -2.02. The Morgan fingerprint density at radius 1 is 1.43 bits per heavy atom. The first-order valence-corrected chi connectivity index (χ1v) is 5.55. The average molecular weight is 274 g/mol. The van der Waals surface area contributed by atoms with Gasteiger partial charge in [-0.2, -0.15) is 0 Å². The number of halogens is 2. The molecule has 3 N–H and O–H groups in total. The SMILES string of the molecule is NCCc1c(Cl)[nH]c2cc(Br)ccc12. The summed E-state index contributed by atoms with van der Waals surface area (Å²) < 4.78 is 1.04. The molecule has 1 heterocycles. The third kappa shape index (κ3) is 1.67. The zero-order valence-corrected chi connectivity index (χ0v) is 9.82. The minimum atomic E-state index is 0.614. The highest BCUT2D eigenvalue weighted by Crippen LogP contribution is 2.28. The van der Waals surface area contributed by atoms with Crippen molar-refractivity contribution in [2.24, 2.45) is 5.73 Å². The summed E-state index contributed by atoms with van der Waals surface area (Å²) in [7, 11) is 0. The number of hydrogen-bond acceptors (Lipinski definition) is 1. The third-order valence-electron chi connectivity index (χ3n) is 2.21. The molecule has 0 saturated heterocycles. The van der Waals surface area contributed by atoms with Gasteiger partial charge in [-0.3, -0.25) is 0 Å². The summed E-state index contributed by atoms with van der Waals surface area (Å²) in [4.78, 5) is 3.13. The number of nitrogens with two attached hydrogens (primary N) is 1. The lowest BCUT2D eigenvalue weighted by Gasteiger charge is -1.96. The van der Waals surface area contributed by atoms with Gasteiger partial charge in [-0.25, -0.2) is 0 Å². The summed E-state index contributed by atoms with van der Waals surface area (Å²) in [5, 5.41) is 1.85. The Morgan fingerprint density at radius 3 is 2.93 bits per heavy atom.